The molecule has 0 aromatic rings. The van der Waals surface area contributed by atoms with Crippen molar-refractivity contribution < 1.29 is 14.6 Å². The smallest absolute Gasteiger partial charge is 0.307 e. The molecule has 1 rings (SSSR count). The summed E-state index contributed by atoms with van der Waals surface area (Å²) < 4.78 is 5.25. The van der Waals surface area contributed by atoms with Crippen molar-refractivity contribution in [3.63, 3.8) is 0 Å². The topological polar surface area (TPSA) is 49.8 Å². The molecule has 0 spiro atoms. The fourth-order valence-electron chi connectivity index (χ4n) is 2.06. The van der Waals surface area contributed by atoms with E-state index in [1.165, 1.54) is 0 Å². The Morgan fingerprint density at radius 1 is 1.38 bits per heavy atom. The van der Waals surface area contributed by atoms with Gasteiger partial charge in [-0.1, -0.05) is 20.8 Å². The van der Waals surface area contributed by atoms with Crippen LogP contribution in [0.25, 0.3) is 0 Å². The minimum absolute atomic E-state index is 0.0648. The molecule has 0 radical (unpaired) electrons. The predicted molar refractivity (Wildman–Crippen MR) is 62.5 cm³/mol. The highest BCUT2D eigenvalue weighted by Gasteiger charge is 2.27. The van der Waals surface area contributed by atoms with Crippen molar-refractivity contribution in [2.24, 2.45) is 11.3 Å². The number of nitrogens with zero attached hydrogens (tertiary/aromatic N) is 1. The minimum Gasteiger partial charge on any atom is -0.481 e. The first-order valence-corrected chi connectivity index (χ1v) is 5.91. The summed E-state index contributed by atoms with van der Waals surface area (Å²) in [6, 6.07) is 0. The Kier molecular flexibility index (Phi) is 4.74. The monoisotopic (exact) mass is 229 g/mol. The lowest BCUT2D eigenvalue weighted by atomic mass is 9.84. The fourth-order valence-corrected chi connectivity index (χ4v) is 2.06. The third-order valence-electron chi connectivity index (χ3n) is 2.79. The molecule has 1 heterocycles. The van der Waals surface area contributed by atoms with Crippen LogP contribution in [0.2, 0.25) is 0 Å². The Morgan fingerprint density at radius 3 is 2.38 bits per heavy atom. The van der Waals surface area contributed by atoms with Crippen LogP contribution in [0.1, 0.15) is 27.2 Å². The summed E-state index contributed by atoms with van der Waals surface area (Å²) in [5.74, 6) is -0.945. The van der Waals surface area contributed by atoms with Gasteiger partial charge in [0.05, 0.1) is 19.1 Å². The SMILES string of the molecule is CC(C)(C)CC(CN1CCOCC1)C(=O)O. The van der Waals surface area contributed by atoms with E-state index in [0.29, 0.717) is 6.54 Å². The van der Waals surface area contributed by atoms with Gasteiger partial charge < -0.3 is 9.84 Å². The zero-order valence-electron chi connectivity index (χ0n) is 10.5. The molecule has 0 aliphatic carbocycles. The van der Waals surface area contributed by atoms with Crippen LogP contribution >= 0.6 is 0 Å². The molecule has 94 valence electrons. The van der Waals surface area contributed by atoms with E-state index >= 15 is 0 Å². The van der Waals surface area contributed by atoms with E-state index in [4.69, 9.17) is 4.74 Å². The maximum absolute atomic E-state index is 11.2. The van der Waals surface area contributed by atoms with Crippen LogP contribution in [0.3, 0.4) is 0 Å². The summed E-state index contributed by atoms with van der Waals surface area (Å²) in [6.07, 6.45) is 0.722. The Hall–Kier alpha value is -0.610. The van der Waals surface area contributed by atoms with Gasteiger partial charge in [0.2, 0.25) is 0 Å². The van der Waals surface area contributed by atoms with Crippen LogP contribution in [0.15, 0.2) is 0 Å². The number of rotatable bonds is 4. The molecule has 4 nitrogen and oxygen atoms in total. The molecular formula is C12H23NO3. The normalized spacial score (nSPS) is 20.7. The van der Waals surface area contributed by atoms with Crippen molar-refractivity contribution >= 4 is 5.97 Å². The number of aliphatic carboxylic acids is 1. The van der Waals surface area contributed by atoms with Gasteiger partial charge in [-0.25, -0.2) is 0 Å². The molecule has 1 aliphatic rings. The molecule has 0 aromatic heterocycles. The van der Waals surface area contributed by atoms with Gasteiger partial charge in [0.25, 0.3) is 0 Å². The lowest BCUT2D eigenvalue weighted by Crippen LogP contribution is -2.41. The van der Waals surface area contributed by atoms with E-state index in [1.807, 2.05) is 0 Å². The average molecular weight is 229 g/mol. The Morgan fingerprint density at radius 2 is 1.94 bits per heavy atom. The van der Waals surface area contributed by atoms with Crippen molar-refractivity contribution in [3.05, 3.63) is 0 Å². The van der Waals surface area contributed by atoms with Gasteiger partial charge in [-0.15, -0.1) is 0 Å². The van der Waals surface area contributed by atoms with Gasteiger partial charge in [-0.05, 0) is 11.8 Å². The molecule has 16 heavy (non-hydrogen) atoms. The molecule has 0 bridgehead atoms. The first kappa shape index (κ1) is 13.5. The van der Waals surface area contributed by atoms with Crippen LogP contribution in [0, 0.1) is 11.3 Å². The van der Waals surface area contributed by atoms with Crippen LogP contribution in [0.5, 0.6) is 0 Å². The third-order valence-corrected chi connectivity index (χ3v) is 2.79. The summed E-state index contributed by atoms with van der Waals surface area (Å²) in [5.41, 5.74) is 0.0648. The Bertz CT molecular complexity index is 229. The van der Waals surface area contributed by atoms with Gasteiger partial charge in [-0.3, -0.25) is 9.69 Å². The van der Waals surface area contributed by atoms with Crippen molar-refractivity contribution in [1.29, 1.82) is 0 Å². The maximum atomic E-state index is 11.2. The standard InChI is InChI=1S/C12H23NO3/c1-12(2,3)8-10(11(14)15)9-13-4-6-16-7-5-13/h10H,4-9H2,1-3H3,(H,14,15). The van der Waals surface area contributed by atoms with Gasteiger partial charge in [0.15, 0.2) is 0 Å². The molecule has 1 fully saturated rings. The predicted octanol–water partition coefficient (Wildman–Crippen LogP) is 1.46. The summed E-state index contributed by atoms with van der Waals surface area (Å²) in [5, 5.41) is 9.21. The minimum atomic E-state index is -0.679. The fraction of sp³-hybridized carbons (Fsp3) is 0.917. The van der Waals surface area contributed by atoms with Crippen molar-refractivity contribution in [1.82, 2.24) is 4.90 Å². The highest BCUT2D eigenvalue weighted by atomic mass is 16.5. The average Bonchev–Trinajstić information content (AvgIpc) is 2.16. The summed E-state index contributed by atoms with van der Waals surface area (Å²) >= 11 is 0. The lowest BCUT2D eigenvalue weighted by molar-refractivity contribution is -0.144. The molecule has 0 aromatic carbocycles. The van der Waals surface area contributed by atoms with E-state index in [9.17, 15) is 9.90 Å². The highest BCUT2D eigenvalue weighted by molar-refractivity contribution is 5.70. The van der Waals surface area contributed by atoms with Gasteiger partial charge in [-0.2, -0.15) is 0 Å². The summed E-state index contributed by atoms with van der Waals surface area (Å²) in [4.78, 5) is 13.4. The van der Waals surface area contributed by atoms with E-state index in [-0.39, 0.29) is 11.3 Å². The highest BCUT2D eigenvalue weighted by Crippen LogP contribution is 2.25. The van der Waals surface area contributed by atoms with Crippen LogP contribution < -0.4 is 0 Å². The number of morpholine rings is 1. The number of carbonyl (C=O) groups is 1. The lowest BCUT2D eigenvalue weighted by Gasteiger charge is -2.31. The molecule has 1 atom stereocenters. The number of ether oxygens (including phenoxy) is 1. The molecule has 1 unspecified atom stereocenters. The molecule has 1 saturated heterocycles. The quantitative estimate of drug-likeness (QED) is 0.793. The largest absolute Gasteiger partial charge is 0.481 e. The Labute approximate surface area is 97.6 Å². The van der Waals surface area contributed by atoms with Crippen molar-refractivity contribution in [3.8, 4) is 0 Å². The molecule has 0 saturated carbocycles. The zero-order chi connectivity index (χ0) is 12.2. The Balaban J connectivity index is 2.47. The number of carboxylic acids is 1. The second kappa shape index (κ2) is 5.64. The van der Waals surface area contributed by atoms with E-state index in [2.05, 4.69) is 25.7 Å². The van der Waals surface area contributed by atoms with Gasteiger partial charge in [0.1, 0.15) is 0 Å². The molecule has 4 heteroatoms. The molecule has 1 N–H and O–H groups in total. The molecule has 0 amide bonds. The van der Waals surface area contributed by atoms with Crippen molar-refractivity contribution in [2.45, 2.75) is 27.2 Å². The summed E-state index contributed by atoms with van der Waals surface area (Å²) in [6.45, 7) is 10.1. The molecular weight excluding hydrogens is 206 g/mol. The second-order valence-electron chi connectivity index (χ2n) is 5.71. The van der Waals surface area contributed by atoms with Gasteiger partial charge >= 0.3 is 5.97 Å². The van der Waals surface area contributed by atoms with Crippen LogP contribution in [0.4, 0.5) is 0 Å². The third kappa shape index (κ3) is 4.94. The van der Waals surface area contributed by atoms with Crippen molar-refractivity contribution in [2.75, 3.05) is 32.8 Å². The number of hydrogen-bond acceptors (Lipinski definition) is 3. The molecule has 1 aliphatic heterocycles. The number of carboxylic acid groups (broad SMARTS) is 1. The second-order valence-corrected chi connectivity index (χ2v) is 5.71. The maximum Gasteiger partial charge on any atom is 0.307 e. The number of hydrogen-bond donors (Lipinski definition) is 1. The van der Waals surface area contributed by atoms with Crippen LogP contribution in [-0.2, 0) is 9.53 Å². The van der Waals surface area contributed by atoms with E-state index in [0.717, 1.165) is 32.7 Å². The first-order valence-electron chi connectivity index (χ1n) is 5.91. The first-order chi connectivity index (χ1) is 7.38. The van der Waals surface area contributed by atoms with Crippen LogP contribution in [-0.4, -0.2) is 48.8 Å². The van der Waals surface area contributed by atoms with Gasteiger partial charge in [0, 0.05) is 19.6 Å². The zero-order valence-corrected chi connectivity index (χ0v) is 10.5. The van der Waals surface area contributed by atoms with E-state index in [1.54, 1.807) is 0 Å². The van der Waals surface area contributed by atoms with E-state index < -0.39 is 5.97 Å². The summed E-state index contributed by atoms with van der Waals surface area (Å²) in [7, 11) is 0.